The second-order valence-corrected chi connectivity index (χ2v) is 7.02. The monoisotopic (exact) mass is 338 g/mol. The first kappa shape index (κ1) is 17.0. The highest BCUT2D eigenvalue weighted by molar-refractivity contribution is 7.90. The summed E-state index contributed by atoms with van der Waals surface area (Å²) in [5.74, 6) is -0.543. The van der Waals surface area contributed by atoms with Gasteiger partial charge in [0.05, 0.1) is 10.5 Å². The molecule has 0 aliphatic carbocycles. The molecule has 1 aromatic rings. The van der Waals surface area contributed by atoms with Gasteiger partial charge in [0.25, 0.3) is 5.91 Å². The highest BCUT2D eigenvalue weighted by atomic mass is 32.2. The highest BCUT2D eigenvalue weighted by Crippen LogP contribution is 2.21. The van der Waals surface area contributed by atoms with Gasteiger partial charge in [-0.15, -0.1) is 0 Å². The molecule has 7 nitrogen and oxygen atoms in total. The van der Waals surface area contributed by atoms with Crippen LogP contribution in [0.4, 0.5) is 4.79 Å². The molecule has 23 heavy (non-hydrogen) atoms. The standard InChI is InChI=1S/C15H18N2O5S/c1-3-11-22-15(19)17-10-6-9-16(17)14(18)12-7-4-5-8-13(12)23(2,20)21/h3-5,7-8H,1,6,9-11H2,2H3. The second-order valence-electron chi connectivity index (χ2n) is 5.04. The lowest BCUT2D eigenvalue weighted by Gasteiger charge is -2.27. The van der Waals surface area contributed by atoms with Crippen molar-refractivity contribution in [1.82, 2.24) is 10.0 Å². The predicted molar refractivity (Wildman–Crippen MR) is 83.5 cm³/mol. The van der Waals surface area contributed by atoms with Gasteiger partial charge in [0.15, 0.2) is 9.84 Å². The normalized spacial score (nSPS) is 14.7. The summed E-state index contributed by atoms with van der Waals surface area (Å²) >= 11 is 0. The Morgan fingerprint density at radius 2 is 1.91 bits per heavy atom. The molecule has 1 saturated heterocycles. The fourth-order valence-corrected chi connectivity index (χ4v) is 3.20. The van der Waals surface area contributed by atoms with Crippen molar-refractivity contribution < 1.29 is 22.7 Å². The quantitative estimate of drug-likeness (QED) is 0.776. The topological polar surface area (TPSA) is 84.0 Å². The van der Waals surface area contributed by atoms with Crippen molar-refractivity contribution in [2.75, 3.05) is 26.0 Å². The predicted octanol–water partition coefficient (Wildman–Crippen LogP) is 1.48. The first-order valence-corrected chi connectivity index (χ1v) is 8.91. The molecule has 0 N–H and O–H groups in total. The molecule has 0 unspecified atom stereocenters. The first-order valence-electron chi connectivity index (χ1n) is 7.02. The van der Waals surface area contributed by atoms with Gasteiger partial charge in [-0.1, -0.05) is 24.8 Å². The molecule has 1 fully saturated rings. The average molecular weight is 338 g/mol. The summed E-state index contributed by atoms with van der Waals surface area (Å²) in [6.07, 6.45) is 2.40. The number of carbonyl (C=O) groups excluding carboxylic acids is 2. The minimum atomic E-state index is -3.56. The molecule has 2 amide bonds. The summed E-state index contributed by atoms with van der Waals surface area (Å²) in [7, 11) is -3.56. The SMILES string of the molecule is C=CCOC(=O)N1CCCN1C(=O)c1ccccc1S(C)(=O)=O. The third kappa shape index (κ3) is 3.70. The van der Waals surface area contributed by atoms with Gasteiger partial charge in [-0.2, -0.15) is 0 Å². The van der Waals surface area contributed by atoms with Gasteiger partial charge in [-0.3, -0.25) is 4.79 Å². The number of benzene rings is 1. The maximum Gasteiger partial charge on any atom is 0.429 e. The summed E-state index contributed by atoms with van der Waals surface area (Å²) < 4.78 is 28.6. The number of sulfone groups is 1. The molecular formula is C15H18N2O5S. The fraction of sp³-hybridized carbons (Fsp3) is 0.333. The molecule has 1 aliphatic rings. The lowest BCUT2D eigenvalue weighted by Crippen LogP contribution is -2.45. The van der Waals surface area contributed by atoms with Crippen molar-refractivity contribution in [3.8, 4) is 0 Å². The van der Waals surface area contributed by atoms with Gasteiger partial charge in [-0.25, -0.2) is 23.2 Å². The van der Waals surface area contributed by atoms with E-state index in [9.17, 15) is 18.0 Å². The van der Waals surface area contributed by atoms with Gasteiger partial charge in [-0.05, 0) is 18.6 Å². The lowest BCUT2D eigenvalue weighted by molar-refractivity contribution is 0.0158. The van der Waals surface area contributed by atoms with E-state index >= 15 is 0 Å². The maximum atomic E-state index is 12.7. The Labute approximate surface area is 135 Å². The number of amides is 2. The van der Waals surface area contributed by atoms with Crippen LogP contribution in [0.1, 0.15) is 16.8 Å². The Morgan fingerprint density at radius 3 is 2.57 bits per heavy atom. The van der Waals surface area contributed by atoms with Crippen LogP contribution in [0.5, 0.6) is 0 Å². The Balaban J connectivity index is 2.30. The van der Waals surface area contributed by atoms with Crippen LogP contribution in [0.25, 0.3) is 0 Å². The molecule has 124 valence electrons. The van der Waals surface area contributed by atoms with Crippen LogP contribution in [-0.4, -0.2) is 56.4 Å². The number of carbonyl (C=O) groups is 2. The molecule has 1 heterocycles. The van der Waals surface area contributed by atoms with Crippen molar-refractivity contribution in [2.45, 2.75) is 11.3 Å². The van der Waals surface area contributed by atoms with E-state index in [-0.39, 0.29) is 17.1 Å². The van der Waals surface area contributed by atoms with Crippen molar-refractivity contribution in [3.05, 3.63) is 42.5 Å². The molecule has 0 radical (unpaired) electrons. The van der Waals surface area contributed by atoms with Crippen LogP contribution in [0.15, 0.2) is 41.8 Å². The molecule has 0 atom stereocenters. The van der Waals surface area contributed by atoms with Crippen LogP contribution in [-0.2, 0) is 14.6 Å². The molecule has 8 heteroatoms. The number of rotatable bonds is 4. The van der Waals surface area contributed by atoms with E-state index in [4.69, 9.17) is 4.74 Å². The van der Waals surface area contributed by atoms with Crippen LogP contribution < -0.4 is 0 Å². The third-order valence-corrected chi connectivity index (χ3v) is 4.47. The fourth-order valence-electron chi connectivity index (χ4n) is 2.32. The van der Waals surface area contributed by atoms with Crippen LogP contribution in [0, 0.1) is 0 Å². The van der Waals surface area contributed by atoms with Crippen LogP contribution in [0.2, 0.25) is 0 Å². The molecule has 0 spiro atoms. The minimum Gasteiger partial charge on any atom is -0.444 e. The molecule has 1 aromatic carbocycles. The molecule has 0 bridgehead atoms. The molecular weight excluding hydrogens is 320 g/mol. The third-order valence-electron chi connectivity index (χ3n) is 3.32. The summed E-state index contributed by atoms with van der Waals surface area (Å²) in [5, 5.41) is 2.40. The van der Waals surface area contributed by atoms with E-state index < -0.39 is 21.8 Å². The van der Waals surface area contributed by atoms with Crippen molar-refractivity contribution in [3.63, 3.8) is 0 Å². The number of nitrogens with zero attached hydrogens (tertiary/aromatic N) is 2. The Morgan fingerprint density at radius 1 is 1.26 bits per heavy atom. The van der Waals surface area contributed by atoms with Crippen molar-refractivity contribution in [2.24, 2.45) is 0 Å². The Kier molecular flexibility index (Phi) is 5.05. The van der Waals surface area contributed by atoms with Gasteiger partial charge in [0.1, 0.15) is 6.61 Å². The molecule has 0 saturated carbocycles. The number of hydrogen-bond acceptors (Lipinski definition) is 5. The smallest absolute Gasteiger partial charge is 0.429 e. The summed E-state index contributed by atoms with van der Waals surface area (Å²) in [5.41, 5.74) is 0.0402. The van der Waals surface area contributed by atoms with Crippen molar-refractivity contribution >= 4 is 21.8 Å². The Hall–Kier alpha value is -2.35. The van der Waals surface area contributed by atoms with Gasteiger partial charge >= 0.3 is 6.09 Å². The number of ether oxygens (including phenoxy) is 1. The van der Waals surface area contributed by atoms with Gasteiger partial charge in [0.2, 0.25) is 0 Å². The molecule has 0 aromatic heterocycles. The first-order chi connectivity index (χ1) is 10.9. The van der Waals surface area contributed by atoms with E-state index in [1.165, 1.54) is 28.2 Å². The minimum absolute atomic E-state index is 0.0390. The summed E-state index contributed by atoms with van der Waals surface area (Å²) in [6.45, 7) is 4.15. The Bertz CT molecular complexity index is 729. The van der Waals surface area contributed by atoms with E-state index in [2.05, 4.69) is 6.58 Å². The van der Waals surface area contributed by atoms with E-state index in [1.54, 1.807) is 12.1 Å². The zero-order valence-electron chi connectivity index (χ0n) is 12.8. The largest absolute Gasteiger partial charge is 0.444 e. The van der Waals surface area contributed by atoms with E-state index in [0.29, 0.717) is 19.5 Å². The maximum absolute atomic E-state index is 12.7. The lowest BCUT2D eigenvalue weighted by atomic mass is 10.2. The molecule has 1 aliphatic heterocycles. The second kappa shape index (κ2) is 6.82. The zero-order valence-corrected chi connectivity index (χ0v) is 13.6. The van der Waals surface area contributed by atoms with Crippen LogP contribution >= 0.6 is 0 Å². The van der Waals surface area contributed by atoms with Crippen molar-refractivity contribution in [1.29, 1.82) is 0 Å². The van der Waals surface area contributed by atoms with E-state index in [0.717, 1.165) is 6.26 Å². The van der Waals surface area contributed by atoms with E-state index in [1.807, 2.05) is 0 Å². The van der Waals surface area contributed by atoms with Gasteiger partial charge in [0, 0.05) is 19.3 Å². The summed E-state index contributed by atoms with van der Waals surface area (Å²) in [6, 6.07) is 5.94. The van der Waals surface area contributed by atoms with Crippen LogP contribution in [0.3, 0.4) is 0 Å². The average Bonchev–Trinajstić information content (AvgIpc) is 3.00. The molecule has 2 rings (SSSR count). The highest BCUT2D eigenvalue weighted by Gasteiger charge is 2.34. The van der Waals surface area contributed by atoms with Gasteiger partial charge < -0.3 is 4.74 Å². The zero-order chi connectivity index (χ0) is 17.0. The summed E-state index contributed by atoms with van der Waals surface area (Å²) in [4.78, 5) is 24.6. The number of hydrogen-bond donors (Lipinski definition) is 0. The number of hydrazine groups is 1.